The van der Waals surface area contributed by atoms with E-state index in [9.17, 15) is 4.79 Å². The lowest BCUT2D eigenvalue weighted by atomic mass is 10.1. The van der Waals surface area contributed by atoms with Crippen LogP contribution in [0.3, 0.4) is 0 Å². The molecule has 0 saturated heterocycles. The molecule has 0 bridgehead atoms. The Morgan fingerprint density at radius 1 is 1.05 bits per heavy atom. The Morgan fingerprint density at radius 2 is 1.71 bits per heavy atom. The van der Waals surface area contributed by atoms with Gasteiger partial charge in [0.1, 0.15) is 5.75 Å². The molecule has 0 aromatic heterocycles. The van der Waals surface area contributed by atoms with Crippen molar-refractivity contribution in [2.45, 2.75) is 19.1 Å². The van der Waals surface area contributed by atoms with Gasteiger partial charge in [-0.15, -0.1) is 0 Å². The van der Waals surface area contributed by atoms with Crippen LogP contribution in [0.15, 0.2) is 54.6 Å². The van der Waals surface area contributed by atoms with Crippen LogP contribution in [0.25, 0.3) is 0 Å². The summed E-state index contributed by atoms with van der Waals surface area (Å²) in [6.07, 6.45) is -0.257. The molecule has 0 heterocycles. The molecule has 1 unspecified atom stereocenters. The minimum Gasteiger partial charge on any atom is -0.478 e. The highest BCUT2D eigenvalue weighted by molar-refractivity contribution is 5.75. The van der Waals surface area contributed by atoms with E-state index in [1.165, 1.54) is 7.11 Å². The fourth-order valence-electron chi connectivity index (χ4n) is 1.97. The maximum Gasteiger partial charge on any atom is 0.347 e. The number of carbonyl (C=O) groups excluding carboxylic acids is 1. The van der Waals surface area contributed by atoms with Gasteiger partial charge in [-0.2, -0.15) is 0 Å². The highest BCUT2D eigenvalue weighted by atomic mass is 16.6. The third-order valence-electron chi connectivity index (χ3n) is 3.11. The van der Waals surface area contributed by atoms with Gasteiger partial charge in [0.25, 0.3) is 0 Å². The number of ether oxygens (including phenoxy) is 2. The van der Waals surface area contributed by atoms with Crippen LogP contribution in [0.4, 0.5) is 0 Å². The average molecular weight is 286 g/mol. The lowest BCUT2D eigenvalue weighted by Crippen LogP contribution is -2.30. The fraction of sp³-hybridized carbons (Fsp3) is 0.235. The van der Waals surface area contributed by atoms with Gasteiger partial charge in [-0.3, -0.25) is 0 Å². The molecule has 0 spiro atoms. The third-order valence-corrected chi connectivity index (χ3v) is 3.11. The van der Waals surface area contributed by atoms with Crippen molar-refractivity contribution in [1.29, 1.82) is 0 Å². The molecule has 4 nitrogen and oxygen atoms in total. The molecular weight excluding hydrogens is 268 g/mol. The normalized spacial score (nSPS) is 11.7. The summed E-state index contributed by atoms with van der Waals surface area (Å²) in [5.74, 6) is 0.156. The van der Waals surface area contributed by atoms with Crippen LogP contribution in [-0.4, -0.2) is 24.3 Å². The smallest absolute Gasteiger partial charge is 0.347 e. The molecule has 1 N–H and O–H groups in total. The Morgan fingerprint density at radius 3 is 2.29 bits per heavy atom. The summed E-state index contributed by atoms with van der Waals surface area (Å²) in [4.78, 5) is 11.9. The van der Waals surface area contributed by atoms with Gasteiger partial charge in [-0.05, 0) is 23.3 Å². The van der Waals surface area contributed by atoms with E-state index in [1.54, 1.807) is 24.3 Å². The van der Waals surface area contributed by atoms with Gasteiger partial charge in [-0.25, -0.2) is 4.79 Å². The van der Waals surface area contributed by atoms with Crippen molar-refractivity contribution in [2.75, 3.05) is 7.11 Å². The Hall–Kier alpha value is -2.33. The summed E-state index contributed by atoms with van der Waals surface area (Å²) in [6, 6.07) is 16.6. The van der Waals surface area contributed by atoms with Crippen LogP contribution >= 0.6 is 0 Å². The molecule has 0 amide bonds. The van der Waals surface area contributed by atoms with E-state index >= 15 is 0 Å². The van der Waals surface area contributed by atoms with Crippen LogP contribution in [0.1, 0.15) is 11.1 Å². The van der Waals surface area contributed by atoms with E-state index in [0.29, 0.717) is 12.2 Å². The van der Waals surface area contributed by atoms with Gasteiger partial charge >= 0.3 is 5.97 Å². The van der Waals surface area contributed by atoms with Crippen LogP contribution < -0.4 is 4.74 Å². The van der Waals surface area contributed by atoms with Crippen molar-refractivity contribution in [1.82, 2.24) is 0 Å². The van der Waals surface area contributed by atoms with Crippen LogP contribution in [0, 0.1) is 0 Å². The van der Waals surface area contributed by atoms with Crippen molar-refractivity contribution >= 4 is 5.97 Å². The zero-order valence-electron chi connectivity index (χ0n) is 11.9. The predicted molar refractivity (Wildman–Crippen MR) is 78.9 cm³/mol. The Bertz CT molecular complexity index is 563. The standard InChI is InChI=1S/C17H18O4/c1-20-17(19)16(11-13-5-3-2-4-6-13)21-15-9-7-14(12-18)8-10-15/h2-10,16,18H,11-12H2,1H3. The number of hydrogen-bond donors (Lipinski definition) is 1. The van der Waals surface area contributed by atoms with E-state index in [0.717, 1.165) is 11.1 Å². The molecule has 21 heavy (non-hydrogen) atoms. The maximum absolute atomic E-state index is 11.9. The third kappa shape index (κ3) is 4.33. The summed E-state index contributed by atoms with van der Waals surface area (Å²) in [6.45, 7) is -0.0231. The first-order valence-corrected chi connectivity index (χ1v) is 6.71. The molecule has 0 aliphatic heterocycles. The monoisotopic (exact) mass is 286 g/mol. The van der Waals surface area contributed by atoms with Gasteiger partial charge in [0.05, 0.1) is 13.7 Å². The van der Waals surface area contributed by atoms with Gasteiger partial charge in [0, 0.05) is 6.42 Å². The topological polar surface area (TPSA) is 55.8 Å². The average Bonchev–Trinajstić information content (AvgIpc) is 2.55. The van der Waals surface area contributed by atoms with Crippen LogP contribution in [-0.2, 0) is 22.6 Å². The molecule has 1 atom stereocenters. The van der Waals surface area contributed by atoms with Crippen molar-refractivity contribution in [3.8, 4) is 5.75 Å². The Balaban J connectivity index is 2.10. The molecule has 2 aromatic rings. The van der Waals surface area contributed by atoms with Gasteiger partial charge < -0.3 is 14.6 Å². The van der Waals surface area contributed by atoms with Crippen molar-refractivity contribution < 1.29 is 19.4 Å². The number of aliphatic hydroxyl groups is 1. The first-order chi connectivity index (χ1) is 10.2. The lowest BCUT2D eigenvalue weighted by molar-refractivity contribution is -0.148. The Labute approximate surface area is 123 Å². The second-order valence-corrected chi connectivity index (χ2v) is 4.62. The SMILES string of the molecule is COC(=O)C(Cc1ccccc1)Oc1ccc(CO)cc1. The highest BCUT2D eigenvalue weighted by Crippen LogP contribution is 2.16. The van der Waals surface area contributed by atoms with Crippen LogP contribution in [0.5, 0.6) is 5.75 Å². The summed E-state index contributed by atoms with van der Waals surface area (Å²) >= 11 is 0. The van der Waals surface area contributed by atoms with E-state index in [4.69, 9.17) is 14.6 Å². The number of aliphatic hydroxyl groups excluding tert-OH is 1. The highest BCUT2D eigenvalue weighted by Gasteiger charge is 2.21. The number of esters is 1. The van der Waals surface area contributed by atoms with Crippen molar-refractivity contribution in [3.63, 3.8) is 0 Å². The second-order valence-electron chi connectivity index (χ2n) is 4.62. The lowest BCUT2D eigenvalue weighted by Gasteiger charge is -2.17. The minimum absolute atomic E-state index is 0.0231. The first-order valence-electron chi connectivity index (χ1n) is 6.71. The summed E-state index contributed by atoms with van der Waals surface area (Å²) in [7, 11) is 1.35. The number of hydrogen-bond acceptors (Lipinski definition) is 4. The Kier molecular flexibility index (Phi) is 5.35. The molecule has 0 fully saturated rings. The van der Waals surface area contributed by atoms with E-state index < -0.39 is 12.1 Å². The zero-order valence-corrected chi connectivity index (χ0v) is 11.9. The number of carbonyl (C=O) groups is 1. The van der Waals surface area contributed by atoms with Gasteiger partial charge in [0.15, 0.2) is 6.10 Å². The zero-order chi connectivity index (χ0) is 15.1. The first kappa shape index (κ1) is 15.1. The van der Waals surface area contributed by atoms with Crippen molar-refractivity contribution in [2.24, 2.45) is 0 Å². The number of methoxy groups -OCH3 is 1. The largest absolute Gasteiger partial charge is 0.478 e. The van der Waals surface area contributed by atoms with Gasteiger partial charge in [0.2, 0.25) is 0 Å². The number of benzene rings is 2. The molecule has 0 aliphatic rings. The van der Waals surface area contributed by atoms with E-state index in [1.807, 2.05) is 30.3 Å². The summed E-state index contributed by atoms with van der Waals surface area (Å²) in [5.41, 5.74) is 1.79. The molecule has 2 rings (SSSR count). The predicted octanol–water partition coefficient (Wildman–Crippen LogP) is 2.34. The molecular formula is C17H18O4. The maximum atomic E-state index is 11.9. The van der Waals surface area contributed by atoms with Crippen molar-refractivity contribution in [3.05, 3.63) is 65.7 Å². The van der Waals surface area contributed by atoms with E-state index in [-0.39, 0.29) is 6.61 Å². The summed E-state index contributed by atoms with van der Waals surface area (Å²) in [5, 5.41) is 9.02. The molecule has 4 heteroatoms. The minimum atomic E-state index is -0.697. The second kappa shape index (κ2) is 7.45. The van der Waals surface area contributed by atoms with E-state index in [2.05, 4.69) is 0 Å². The molecule has 0 saturated carbocycles. The van der Waals surface area contributed by atoms with Crippen LogP contribution in [0.2, 0.25) is 0 Å². The molecule has 2 aromatic carbocycles. The number of rotatable bonds is 6. The van der Waals surface area contributed by atoms with Gasteiger partial charge in [-0.1, -0.05) is 42.5 Å². The quantitative estimate of drug-likeness (QED) is 0.828. The molecule has 0 aliphatic carbocycles. The molecule has 0 radical (unpaired) electrons. The molecule has 110 valence electrons. The fourth-order valence-corrected chi connectivity index (χ4v) is 1.97. The summed E-state index contributed by atoms with van der Waals surface area (Å²) < 4.78 is 10.5.